The van der Waals surface area contributed by atoms with Crippen molar-refractivity contribution in [2.75, 3.05) is 11.4 Å². The first kappa shape index (κ1) is 15.4. The lowest BCUT2D eigenvalue weighted by Gasteiger charge is -2.31. The Bertz CT molecular complexity index is 383. The molecule has 2 nitrogen and oxygen atoms in total. The average molecular weight is 274 g/mol. The van der Waals surface area contributed by atoms with Crippen molar-refractivity contribution in [3.8, 4) is 0 Å². The number of rotatable bonds is 5. The Morgan fingerprint density at radius 1 is 1.15 bits per heavy atom. The molecule has 2 rings (SSSR count). The zero-order valence-corrected chi connectivity index (χ0v) is 13.4. The van der Waals surface area contributed by atoms with Crippen LogP contribution in [0.25, 0.3) is 0 Å². The van der Waals surface area contributed by atoms with Gasteiger partial charge in [-0.1, -0.05) is 45.7 Å². The number of hydrogen-bond donors (Lipinski definition) is 1. The van der Waals surface area contributed by atoms with Gasteiger partial charge in [-0.05, 0) is 37.0 Å². The van der Waals surface area contributed by atoms with Crippen molar-refractivity contribution < 1.29 is 0 Å². The smallest absolute Gasteiger partial charge is 0.0368 e. The first-order valence-corrected chi connectivity index (χ1v) is 8.29. The molecule has 1 N–H and O–H groups in total. The summed E-state index contributed by atoms with van der Waals surface area (Å²) >= 11 is 0. The second-order valence-corrected chi connectivity index (χ2v) is 6.31. The van der Waals surface area contributed by atoms with E-state index < -0.39 is 0 Å². The average Bonchev–Trinajstić information content (AvgIpc) is 2.70. The first-order chi connectivity index (χ1) is 9.70. The quantitative estimate of drug-likeness (QED) is 0.859. The zero-order valence-electron chi connectivity index (χ0n) is 13.4. The molecule has 1 atom stereocenters. The number of anilines is 1. The minimum atomic E-state index is 0.546. The van der Waals surface area contributed by atoms with E-state index in [0.29, 0.717) is 6.04 Å². The van der Waals surface area contributed by atoms with E-state index in [1.54, 1.807) is 0 Å². The summed E-state index contributed by atoms with van der Waals surface area (Å²) in [5.74, 6) is 0. The predicted molar refractivity (Wildman–Crippen MR) is 88.3 cm³/mol. The molecule has 1 heterocycles. The third-order valence-electron chi connectivity index (χ3n) is 4.33. The summed E-state index contributed by atoms with van der Waals surface area (Å²) in [5.41, 5.74) is 2.79. The molecular weight excluding hydrogens is 244 g/mol. The third kappa shape index (κ3) is 4.24. The molecule has 0 aliphatic carbocycles. The summed E-state index contributed by atoms with van der Waals surface area (Å²) in [5, 5.41) is 3.48. The molecule has 1 aliphatic heterocycles. The van der Waals surface area contributed by atoms with Crippen molar-refractivity contribution in [1.29, 1.82) is 0 Å². The minimum Gasteiger partial charge on any atom is -0.369 e. The molecule has 0 bridgehead atoms. The highest BCUT2D eigenvalue weighted by molar-refractivity contribution is 5.48. The van der Waals surface area contributed by atoms with Crippen LogP contribution in [0.1, 0.15) is 58.4 Å². The number of nitrogens with zero attached hydrogens (tertiary/aromatic N) is 1. The van der Waals surface area contributed by atoms with E-state index in [0.717, 1.165) is 12.6 Å². The Balaban J connectivity index is 2.03. The van der Waals surface area contributed by atoms with Crippen LogP contribution in [0.3, 0.4) is 0 Å². The largest absolute Gasteiger partial charge is 0.369 e. The van der Waals surface area contributed by atoms with Crippen LogP contribution in [0.2, 0.25) is 0 Å². The van der Waals surface area contributed by atoms with Crippen LogP contribution < -0.4 is 10.2 Å². The molecule has 0 spiro atoms. The van der Waals surface area contributed by atoms with Crippen molar-refractivity contribution in [3.63, 3.8) is 0 Å². The number of benzene rings is 1. The maximum atomic E-state index is 3.48. The Hall–Kier alpha value is -1.02. The van der Waals surface area contributed by atoms with Gasteiger partial charge in [-0.3, -0.25) is 0 Å². The van der Waals surface area contributed by atoms with Crippen LogP contribution in [0, 0.1) is 0 Å². The van der Waals surface area contributed by atoms with Gasteiger partial charge in [0.05, 0.1) is 0 Å². The van der Waals surface area contributed by atoms with Crippen LogP contribution >= 0.6 is 0 Å². The highest BCUT2D eigenvalue weighted by Gasteiger charge is 2.19. The lowest BCUT2D eigenvalue weighted by Crippen LogP contribution is -2.34. The summed E-state index contributed by atoms with van der Waals surface area (Å²) in [6.07, 6.45) is 6.74. The van der Waals surface area contributed by atoms with Gasteiger partial charge in [-0.25, -0.2) is 0 Å². The fourth-order valence-corrected chi connectivity index (χ4v) is 3.07. The van der Waals surface area contributed by atoms with Crippen molar-refractivity contribution in [3.05, 3.63) is 29.8 Å². The molecule has 1 saturated heterocycles. The molecular formula is C18H30N2. The van der Waals surface area contributed by atoms with E-state index in [1.807, 2.05) is 0 Å². The van der Waals surface area contributed by atoms with Crippen molar-refractivity contribution in [2.24, 2.45) is 0 Å². The third-order valence-corrected chi connectivity index (χ3v) is 4.33. The van der Waals surface area contributed by atoms with Gasteiger partial charge < -0.3 is 10.2 Å². The Labute approximate surface area is 124 Å². The van der Waals surface area contributed by atoms with Gasteiger partial charge in [-0.2, -0.15) is 0 Å². The van der Waals surface area contributed by atoms with Crippen LogP contribution in [0.4, 0.5) is 5.69 Å². The SMILES string of the molecule is CCC1CCCCCN1c1ccc(CNC(C)C)cc1. The summed E-state index contributed by atoms with van der Waals surface area (Å²) in [7, 11) is 0. The predicted octanol–water partition coefficient (Wildman–Crippen LogP) is 4.34. The molecule has 2 heteroatoms. The van der Waals surface area contributed by atoms with Crippen LogP contribution in [0.15, 0.2) is 24.3 Å². The van der Waals surface area contributed by atoms with Crippen LogP contribution in [0.5, 0.6) is 0 Å². The highest BCUT2D eigenvalue weighted by atomic mass is 15.2. The van der Waals surface area contributed by atoms with E-state index in [9.17, 15) is 0 Å². The minimum absolute atomic E-state index is 0.546. The molecule has 0 amide bonds. The summed E-state index contributed by atoms with van der Waals surface area (Å²) in [6.45, 7) is 8.90. The van der Waals surface area contributed by atoms with E-state index >= 15 is 0 Å². The van der Waals surface area contributed by atoms with Crippen molar-refractivity contribution in [1.82, 2.24) is 5.32 Å². The second kappa shape index (κ2) is 7.68. The molecule has 1 unspecified atom stereocenters. The Morgan fingerprint density at radius 3 is 2.55 bits per heavy atom. The van der Waals surface area contributed by atoms with Gasteiger partial charge in [0.15, 0.2) is 0 Å². The Kier molecular flexibility index (Phi) is 5.90. The summed E-state index contributed by atoms with van der Waals surface area (Å²) in [4.78, 5) is 2.63. The lowest BCUT2D eigenvalue weighted by molar-refractivity contribution is 0.556. The topological polar surface area (TPSA) is 15.3 Å². The molecule has 1 aliphatic rings. The van der Waals surface area contributed by atoms with Crippen LogP contribution in [-0.2, 0) is 6.54 Å². The van der Waals surface area contributed by atoms with Gasteiger partial charge in [0, 0.05) is 30.9 Å². The second-order valence-electron chi connectivity index (χ2n) is 6.31. The molecule has 112 valence electrons. The fourth-order valence-electron chi connectivity index (χ4n) is 3.07. The van der Waals surface area contributed by atoms with Crippen LogP contribution in [-0.4, -0.2) is 18.6 Å². The highest BCUT2D eigenvalue weighted by Crippen LogP contribution is 2.26. The summed E-state index contributed by atoms with van der Waals surface area (Å²) in [6, 6.07) is 10.5. The molecule has 0 radical (unpaired) electrons. The lowest BCUT2D eigenvalue weighted by atomic mass is 10.1. The summed E-state index contributed by atoms with van der Waals surface area (Å²) < 4.78 is 0. The monoisotopic (exact) mass is 274 g/mol. The normalized spacial score (nSPS) is 20.2. The van der Waals surface area contributed by atoms with E-state index in [4.69, 9.17) is 0 Å². The standard InChI is InChI=1S/C18H30N2/c1-4-17-8-6-5-7-13-20(17)18-11-9-16(10-12-18)14-19-15(2)3/h9-12,15,17,19H,4-8,13-14H2,1-3H3. The number of nitrogens with one attached hydrogen (secondary N) is 1. The van der Waals surface area contributed by atoms with Gasteiger partial charge in [-0.15, -0.1) is 0 Å². The van der Waals surface area contributed by atoms with Crippen molar-refractivity contribution in [2.45, 2.75) is 71.5 Å². The molecule has 1 aromatic rings. The van der Waals surface area contributed by atoms with Gasteiger partial charge in [0.2, 0.25) is 0 Å². The Morgan fingerprint density at radius 2 is 1.90 bits per heavy atom. The van der Waals surface area contributed by atoms with Gasteiger partial charge >= 0.3 is 0 Å². The van der Waals surface area contributed by atoms with E-state index in [2.05, 4.69) is 55.3 Å². The number of hydrogen-bond acceptors (Lipinski definition) is 2. The maximum absolute atomic E-state index is 3.48. The molecule has 1 aromatic carbocycles. The fraction of sp³-hybridized carbons (Fsp3) is 0.667. The van der Waals surface area contributed by atoms with E-state index in [1.165, 1.54) is 49.9 Å². The molecule has 0 aromatic heterocycles. The van der Waals surface area contributed by atoms with Crippen molar-refractivity contribution >= 4 is 5.69 Å². The van der Waals surface area contributed by atoms with Gasteiger partial charge in [0.1, 0.15) is 0 Å². The first-order valence-electron chi connectivity index (χ1n) is 8.29. The maximum Gasteiger partial charge on any atom is 0.0368 e. The van der Waals surface area contributed by atoms with E-state index in [-0.39, 0.29) is 0 Å². The molecule has 1 fully saturated rings. The molecule has 0 saturated carbocycles. The molecule has 20 heavy (non-hydrogen) atoms. The zero-order chi connectivity index (χ0) is 14.4. The van der Waals surface area contributed by atoms with Gasteiger partial charge in [0.25, 0.3) is 0 Å².